The number of hydrogen-bond donors (Lipinski definition) is 2. The second kappa shape index (κ2) is 6.76. The maximum atomic E-state index is 9.68. The Balaban J connectivity index is 3.02. The Labute approximate surface area is 110 Å². The second-order valence-electron chi connectivity index (χ2n) is 5.10. The highest BCUT2D eigenvalue weighted by atomic mass is 16.5. The molecule has 0 spiro atoms. The van der Waals surface area contributed by atoms with Crippen molar-refractivity contribution in [2.24, 2.45) is 11.1 Å². The predicted molar refractivity (Wildman–Crippen MR) is 74.9 cm³/mol. The fourth-order valence-electron chi connectivity index (χ4n) is 2.44. The first-order valence-electron chi connectivity index (χ1n) is 6.55. The zero-order valence-electron chi connectivity index (χ0n) is 11.7. The van der Waals surface area contributed by atoms with E-state index in [-0.39, 0.29) is 12.0 Å². The molecular weight excluding hydrogens is 226 g/mol. The van der Waals surface area contributed by atoms with Crippen molar-refractivity contribution >= 4 is 0 Å². The molecular formula is C15H25NO2. The maximum Gasteiger partial charge on any atom is 0.122 e. The summed E-state index contributed by atoms with van der Waals surface area (Å²) in [6.45, 7) is 4.79. The molecule has 3 N–H and O–H groups in total. The number of ether oxygens (including phenoxy) is 1. The minimum atomic E-state index is -0.226. The first-order chi connectivity index (χ1) is 8.60. The highest BCUT2D eigenvalue weighted by Crippen LogP contribution is 2.31. The molecule has 0 saturated heterocycles. The van der Waals surface area contributed by atoms with E-state index in [1.807, 2.05) is 12.1 Å². The molecule has 0 heterocycles. The van der Waals surface area contributed by atoms with Crippen LogP contribution in [0.4, 0.5) is 0 Å². The number of rotatable bonds is 7. The van der Waals surface area contributed by atoms with Crippen LogP contribution >= 0.6 is 0 Å². The molecule has 0 amide bonds. The highest BCUT2D eigenvalue weighted by Gasteiger charge is 2.28. The van der Waals surface area contributed by atoms with E-state index in [1.54, 1.807) is 7.11 Å². The Morgan fingerprint density at radius 1 is 1.39 bits per heavy atom. The highest BCUT2D eigenvalue weighted by molar-refractivity contribution is 5.37. The van der Waals surface area contributed by atoms with Crippen LogP contribution in [-0.4, -0.2) is 25.4 Å². The Morgan fingerprint density at radius 3 is 2.61 bits per heavy atom. The molecule has 0 radical (unpaired) electrons. The van der Waals surface area contributed by atoms with E-state index in [4.69, 9.17) is 10.5 Å². The van der Waals surface area contributed by atoms with Crippen LogP contribution in [0.5, 0.6) is 5.75 Å². The summed E-state index contributed by atoms with van der Waals surface area (Å²) in [6.07, 6.45) is 2.71. The third-order valence-corrected chi connectivity index (χ3v) is 3.55. The number of hydrogen-bond acceptors (Lipinski definition) is 3. The van der Waals surface area contributed by atoms with Crippen LogP contribution in [0.3, 0.4) is 0 Å². The number of benzene rings is 1. The van der Waals surface area contributed by atoms with Crippen molar-refractivity contribution in [3.05, 3.63) is 29.3 Å². The molecule has 1 aromatic carbocycles. The molecule has 0 aliphatic carbocycles. The van der Waals surface area contributed by atoms with E-state index < -0.39 is 0 Å². The zero-order valence-corrected chi connectivity index (χ0v) is 11.7. The number of nitrogens with two attached hydrogens (primary N) is 1. The lowest BCUT2D eigenvalue weighted by molar-refractivity contribution is 0.120. The molecule has 0 aliphatic rings. The van der Waals surface area contributed by atoms with Crippen LogP contribution in [0.2, 0.25) is 0 Å². The summed E-state index contributed by atoms with van der Waals surface area (Å²) in [5.41, 5.74) is 7.98. The van der Waals surface area contributed by atoms with Crippen molar-refractivity contribution < 1.29 is 9.84 Å². The number of aryl methyl sites for hydroxylation is 1. The lowest BCUT2D eigenvalue weighted by atomic mass is 9.78. The number of methoxy groups -OCH3 is 1. The van der Waals surface area contributed by atoms with Crippen LogP contribution in [0, 0.1) is 12.3 Å². The summed E-state index contributed by atoms with van der Waals surface area (Å²) < 4.78 is 5.39. The lowest BCUT2D eigenvalue weighted by Gasteiger charge is -2.31. The van der Waals surface area contributed by atoms with Gasteiger partial charge in [-0.15, -0.1) is 0 Å². The second-order valence-corrected chi connectivity index (χ2v) is 5.10. The van der Waals surface area contributed by atoms with Crippen molar-refractivity contribution in [3.8, 4) is 5.75 Å². The normalized spacial score (nSPS) is 14.3. The van der Waals surface area contributed by atoms with Crippen LogP contribution in [-0.2, 0) is 6.42 Å². The van der Waals surface area contributed by atoms with Gasteiger partial charge in [0.1, 0.15) is 5.75 Å². The van der Waals surface area contributed by atoms with E-state index in [1.165, 1.54) is 5.56 Å². The molecule has 0 fully saturated rings. The average molecular weight is 251 g/mol. The third kappa shape index (κ3) is 3.47. The molecule has 1 rings (SSSR count). The van der Waals surface area contributed by atoms with Gasteiger partial charge in [0, 0.05) is 12.0 Å². The monoisotopic (exact) mass is 251 g/mol. The van der Waals surface area contributed by atoms with Gasteiger partial charge in [0.25, 0.3) is 0 Å². The fourth-order valence-corrected chi connectivity index (χ4v) is 2.44. The minimum Gasteiger partial charge on any atom is -0.496 e. The molecule has 1 aromatic rings. The molecule has 1 atom stereocenters. The minimum absolute atomic E-state index is 0.119. The molecule has 1 unspecified atom stereocenters. The third-order valence-electron chi connectivity index (χ3n) is 3.55. The van der Waals surface area contributed by atoms with Crippen LogP contribution < -0.4 is 10.5 Å². The van der Waals surface area contributed by atoms with Crippen molar-refractivity contribution in [2.75, 3.05) is 20.3 Å². The molecule has 0 saturated carbocycles. The van der Waals surface area contributed by atoms with Crippen LogP contribution in [0.25, 0.3) is 0 Å². The van der Waals surface area contributed by atoms with Crippen molar-refractivity contribution in [3.63, 3.8) is 0 Å². The van der Waals surface area contributed by atoms with Gasteiger partial charge in [-0.3, -0.25) is 0 Å². The van der Waals surface area contributed by atoms with E-state index >= 15 is 0 Å². The summed E-state index contributed by atoms with van der Waals surface area (Å²) in [7, 11) is 1.68. The van der Waals surface area contributed by atoms with E-state index in [2.05, 4.69) is 19.9 Å². The van der Waals surface area contributed by atoms with Gasteiger partial charge < -0.3 is 15.6 Å². The Kier molecular flexibility index (Phi) is 5.63. The first kappa shape index (κ1) is 15.0. The smallest absolute Gasteiger partial charge is 0.122 e. The van der Waals surface area contributed by atoms with Gasteiger partial charge in [-0.1, -0.05) is 31.0 Å². The largest absolute Gasteiger partial charge is 0.496 e. The van der Waals surface area contributed by atoms with E-state index in [9.17, 15) is 5.11 Å². The number of aliphatic hydroxyl groups is 1. The molecule has 3 nitrogen and oxygen atoms in total. The Bertz CT molecular complexity index is 373. The van der Waals surface area contributed by atoms with Crippen LogP contribution in [0.1, 0.15) is 30.9 Å². The molecule has 102 valence electrons. The van der Waals surface area contributed by atoms with Gasteiger partial charge in [0.15, 0.2) is 0 Å². The van der Waals surface area contributed by atoms with Crippen LogP contribution in [0.15, 0.2) is 18.2 Å². The van der Waals surface area contributed by atoms with E-state index in [0.29, 0.717) is 6.54 Å². The molecule has 18 heavy (non-hydrogen) atoms. The van der Waals surface area contributed by atoms with Gasteiger partial charge in [-0.05, 0) is 31.4 Å². The molecule has 0 bridgehead atoms. The molecule has 3 heteroatoms. The van der Waals surface area contributed by atoms with Gasteiger partial charge in [-0.2, -0.15) is 0 Å². The standard InChI is InChI=1S/C15H25NO2/c1-4-7-15(10-16,11-17)9-13-8-12(2)5-6-14(13)18-3/h5-6,8,17H,4,7,9-11,16H2,1-3H3. The van der Waals surface area contributed by atoms with Crippen molar-refractivity contribution in [1.82, 2.24) is 0 Å². The SMILES string of the molecule is CCCC(CN)(CO)Cc1cc(C)ccc1OC. The topological polar surface area (TPSA) is 55.5 Å². The molecule has 0 aromatic heterocycles. The Hall–Kier alpha value is -1.06. The van der Waals surface area contributed by atoms with Crippen molar-refractivity contribution in [2.45, 2.75) is 33.1 Å². The zero-order chi connectivity index (χ0) is 13.6. The quantitative estimate of drug-likeness (QED) is 0.781. The lowest BCUT2D eigenvalue weighted by Crippen LogP contribution is -2.36. The first-order valence-corrected chi connectivity index (χ1v) is 6.55. The average Bonchev–Trinajstić information content (AvgIpc) is 2.38. The summed E-state index contributed by atoms with van der Waals surface area (Å²) >= 11 is 0. The van der Waals surface area contributed by atoms with Gasteiger partial charge in [0.2, 0.25) is 0 Å². The Morgan fingerprint density at radius 2 is 2.11 bits per heavy atom. The number of aliphatic hydroxyl groups excluding tert-OH is 1. The maximum absolute atomic E-state index is 9.68. The van der Waals surface area contributed by atoms with Crippen molar-refractivity contribution in [1.29, 1.82) is 0 Å². The van der Waals surface area contributed by atoms with Gasteiger partial charge in [-0.25, -0.2) is 0 Å². The summed E-state index contributed by atoms with van der Waals surface area (Å²) in [5.74, 6) is 0.878. The summed E-state index contributed by atoms with van der Waals surface area (Å²) in [4.78, 5) is 0. The van der Waals surface area contributed by atoms with Gasteiger partial charge in [0.05, 0.1) is 13.7 Å². The van der Waals surface area contributed by atoms with Gasteiger partial charge >= 0.3 is 0 Å². The predicted octanol–water partition coefficient (Wildman–Crippen LogP) is 2.28. The molecule has 0 aliphatic heterocycles. The van der Waals surface area contributed by atoms with E-state index in [0.717, 1.165) is 30.6 Å². The fraction of sp³-hybridized carbons (Fsp3) is 0.600. The summed E-state index contributed by atoms with van der Waals surface area (Å²) in [6, 6.07) is 6.13. The summed E-state index contributed by atoms with van der Waals surface area (Å²) in [5, 5.41) is 9.68.